The Morgan fingerprint density at radius 3 is 1.80 bits per heavy atom. The van der Waals surface area contributed by atoms with Gasteiger partial charge in [-0.15, -0.1) is 0 Å². The molecule has 0 bridgehead atoms. The number of ether oxygens (including phenoxy) is 2. The number of para-hydroxylation sites is 3. The van der Waals surface area contributed by atoms with Crippen LogP contribution in [0.4, 0.5) is 22.7 Å². The SMILES string of the molecule is CCCCN(c1ccccc1)C(Nc1ccc(OC)cc1)N(CCN(CN1CCOCC1)c1ccccc1)c1ccccc1. The van der Waals surface area contributed by atoms with E-state index in [1.54, 1.807) is 7.11 Å². The van der Waals surface area contributed by atoms with Crippen LogP contribution in [-0.4, -0.2) is 70.9 Å². The summed E-state index contributed by atoms with van der Waals surface area (Å²) < 4.78 is 11.1. The monoisotopic (exact) mass is 593 g/mol. The lowest BCUT2D eigenvalue weighted by molar-refractivity contribution is 0.0380. The molecule has 44 heavy (non-hydrogen) atoms. The van der Waals surface area contributed by atoms with Gasteiger partial charge in [-0.3, -0.25) is 4.90 Å². The average Bonchev–Trinajstić information content (AvgIpc) is 3.10. The third-order valence-electron chi connectivity index (χ3n) is 8.11. The van der Waals surface area contributed by atoms with E-state index >= 15 is 0 Å². The first kappa shape index (κ1) is 31.2. The Balaban J connectivity index is 1.51. The van der Waals surface area contributed by atoms with Gasteiger partial charge in [-0.1, -0.05) is 67.9 Å². The molecule has 0 spiro atoms. The van der Waals surface area contributed by atoms with Crippen molar-refractivity contribution in [2.24, 2.45) is 0 Å². The highest BCUT2D eigenvalue weighted by Crippen LogP contribution is 2.27. The van der Waals surface area contributed by atoms with Crippen LogP contribution in [-0.2, 0) is 4.74 Å². The zero-order chi connectivity index (χ0) is 30.4. The fourth-order valence-electron chi connectivity index (χ4n) is 5.65. The molecule has 232 valence electrons. The van der Waals surface area contributed by atoms with Gasteiger partial charge in [0, 0.05) is 55.5 Å². The lowest BCUT2D eigenvalue weighted by Crippen LogP contribution is -2.56. The van der Waals surface area contributed by atoms with E-state index in [4.69, 9.17) is 9.47 Å². The van der Waals surface area contributed by atoms with Crippen LogP contribution in [0.3, 0.4) is 0 Å². The number of morpholine rings is 1. The second kappa shape index (κ2) is 16.6. The maximum atomic E-state index is 5.66. The molecule has 0 aromatic heterocycles. The van der Waals surface area contributed by atoms with Gasteiger partial charge in [-0.05, 0) is 67.1 Å². The van der Waals surface area contributed by atoms with Crippen LogP contribution < -0.4 is 24.8 Å². The number of methoxy groups -OCH3 is 1. The highest BCUT2D eigenvalue weighted by molar-refractivity contribution is 5.59. The van der Waals surface area contributed by atoms with Crippen molar-refractivity contribution in [1.29, 1.82) is 0 Å². The molecule has 0 amide bonds. The summed E-state index contributed by atoms with van der Waals surface area (Å²) in [4.78, 5) is 10.0. The van der Waals surface area contributed by atoms with Gasteiger partial charge in [0.1, 0.15) is 5.75 Å². The Bertz CT molecular complexity index is 1330. The van der Waals surface area contributed by atoms with E-state index in [2.05, 4.69) is 135 Å². The first-order chi connectivity index (χ1) is 21.7. The third-order valence-corrected chi connectivity index (χ3v) is 8.11. The number of hydrogen-bond donors (Lipinski definition) is 1. The van der Waals surface area contributed by atoms with E-state index in [0.29, 0.717) is 0 Å². The summed E-state index contributed by atoms with van der Waals surface area (Å²) in [5.41, 5.74) is 4.65. The Morgan fingerprint density at radius 1 is 0.705 bits per heavy atom. The number of anilines is 4. The number of unbranched alkanes of at least 4 members (excludes halogenated alkanes) is 1. The van der Waals surface area contributed by atoms with Gasteiger partial charge in [0.25, 0.3) is 0 Å². The van der Waals surface area contributed by atoms with E-state index in [1.165, 1.54) is 17.1 Å². The predicted molar refractivity (Wildman–Crippen MR) is 184 cm³/mol. The zero-order valence-corrected chi connectivity index (χ0v) is 26.2. The topological polar surface area (TPSA) is 43.5 Å². The van der Waals surface area contributed by atoms with Crippen molar-refractivity contribution < 1.29 is 9.47 Å². The predicted octanol–water partition coefficient (Wildman–Crippen LogP) is 7.00. The summed E-state index contributed by atoms with van der Waals surface area (Å²) in [6, 6.07) is 40.6. The quantitative estimate of drug-likeness (QED) is 0.140. The van der Waals surface area contributed by atoms with Gasteiger partial charge in [-0.2, -0.15) is 0 Å². The molecule has 1 unspecified atom stereocenters. The lowest BCUT2D eigenvalue weighted by Gasteiger charge is -2.44. The summed E-state index contributed by atoms with van der Waals surface area (Å²) in [6.45, 7) is 9.19. The summed E-state index contributed by atoms with van der Waals surface area (Å²) in [5.74, 6) is 0.847. The van der Waals surface area contributed by atoms with Crippen LogP contribution in [0.1, 0.15) is 19.8 Å². The van der Waals surface area contributed by atoms with Crippen molar-refractivity contribution in [2.45, 2.75) is 26.1 Å². The van der Waals surface area contributed by atoms with Crippen molar-refractivity contribution >= 4 is 22.7 Å². The van der Waals surface area contributed by atoms with Gasteiger partial charge >= 0.3 is 0 Å². The molecule has 1 atom stereocenters. The zero-order valence-electron chi connectivity index (χ0n) is 26.2. The molecule has 0 saturated carbocycles. The number of rotatable bonds is 16. The second-order valence-corrected chi connectivity index (χ2v) is 11.1. The van der Waals surface area contributed by atoms with Crippen molar-refractivity contribution in [3.8, 4) is 5.75 Å². The van der Waals surface area contributed by atoms with Crippen molar-refractivity contribution in [3.05, 3.63) is 115 Å². The molecule has 1 fully saturated rings. The largest absolute Gasteiger partial charge is 0.497 e. The number of hydrogen-bond acceptors (Lipinski definition) is 7. The fourth-order valence-corrected chi connectivity index (χ4v) is 5.65. The molecule has 1 aliphatic heterocycles. The van der Waals surface area contributed by atoms with Crippen molar-refractivity contribution in [2.75, 3.05) is 79.7 Å². The molecule has 0 aliphatic carbocycles. The minimum Gasteiger partial charge on any atom is -0.497 e. The first-order valence-electron chi connectivity index (χ1n) is 15.9. The smallest absolute Gasteiger partial charge is 0.178 e. The van der Waals surface area contributed by atoms with Crippen LogP contribution in [0, 0.1) is 0 Å². The Hall–Kier alpha value is -4.20. The van der Waals surface area contributed by atoms with E-state index in [1.807, 2.05) is 12.1 Å². The van der Waals surface area contributed by atoms with Crippen LogP contribution in [0.25, 0.3) is 0 Å². The van der Waals surface area contributed by atoms with Gasteiger partial charge in [0.2, 0.25) is 0 Å². The highest BCUT2D eigenvalue weighted by atomic mass is 16.5. The Kier molecular flexibility index (Phi) is 11.8. The average molecular weight is 594 g/mol. The van der Waals surface area contributed by atoms with Crippen molar-refractivity contribution in [3.63, 3.8) is 0 Å². The minimum absolute atomic E-state index is 0.138. The van der Waals surface area contributed by atoms with Gasteiger partial charge < -0.3 is 29.5 Å². The van der Waals surface area contributed by atoms with E-state index in [-0.39, 0.29) is 6.29 Å². The Labute approximate surface area is 263 Å². The molecular weight excluding hydrogens is 546 g/mol. The molecule has 0 radical (unpaired) electrons. The van der Waals surface area contributed by atoms with Gasteiger partial charge in [0.15, 0.2) is 6.29 Å². The van der Waals surface area contributed by atoms with Gasteiger partial charge in [0.05, 0.1) is 27.0 Å². The third kappa shape index (κ3) is 8.68. The maximum Gasteiger partial charge on any atom is 0.178 e. The van der Waals surface area contributed by atoms with Crippen LogP contribution in [0.5, 0.6) is 5.75 Å². The molecule has 5 rings (SSSR count). The van der Waals surface area contributed by atoms with Crippen LogP contribution in [0.15, 0.2) is 115 Å². The highest BCUT2D eigenvalue weighted by Gasteiger charge is 2.27. The molecule has 7 heteroatoms. The molecule has 7 nitrogen and oxygen atoms in total. The molecule has 1 N–H and O–H groups in total. The van der Waals surface area contributed by atoms with E-state index < -0.39 is 0 Å². The summed E-state index contributed by atoms with van der Waals surface area (Å²) in [7, 11) is 1.71. The normalized spacial score (nSPS) is 14.0. The van der Waals surface area contributed by atoms with E-state index in [9.17, 15) is 0 Å². The maximum absolute atomic E-state index is 5.66. The molecule has 1 heterocycles. The van der Waals surface area contributed by atoms with Gasteiger partial charge in [-0.25, -0.2) is 0 Å². The fraction of sp³-hybridized carbons (Fsp3) is 0.351. The standard InChI is InChI=1S/C37H47N5O2/c1-3-4-24-41(34-16-10-6-11-17-34)37(38-32-20-22-36(43-2)23-21-32)42(35-18-12-7-13-19-35)26-25-40(33-14-8-5-9-15-33)31-39-27-29-44-30-28-39/h5-23,37-38H,3-4,24-31H2,1-2H3. The van der Waals surface area contributed by atoms with E-state index in [0.717, 1.165) is 76.9 Å². The number of benzene rings is 4. The summed E-state index contributed by atoms with van der Waals surface area (Å²) in [6.07, 6.45) is 2.07. The second-order valence-electron chi connectivity index (χ2n) is 11.1. The Morgan fingerprint density at radius 2 is 1.25 bits per heavy atom. The van der Waals surface area contributed by atoms with Crippen molar-refractivity contribution in [1.82, 2.24) is 4.90 Å². The summed E-state index contributed by atoms with van der Waals surface area (Å²) >= 11 is 0. The lowest BCUT2D eigenvalue weighted by atomic mass is 10.2. The number of nitrogens with zero attached hydrogens (tertiary/aromatic N) is 4. The minimum atomic E-state index is -0.138. The summed E-state index contributed by atoms with van der Waals surface area (Å²) in [5, 5.41) is 3.93. The molecule has 4 aromatic carbocycles. The number of nitrogens with one attached hydrogen (secondary N) is 1. The van der Waals surface area contributed by atoms with Crippen LogP contribution >= 0.6 is 0 Å². The molecule has 1 aliphatic rings. The molecular formula is C37H47N5O2. The molecule has 1 saturated heterocycles. The van der Waals surface area contributed by atoms with Crippen LogP contribution in [0.2, 0.25) is 0 Å². The first-order valence-corrected chi connectivity index (χ1v) is 15.9. The molecule has 4 aromatic rings.